The molecule has 0 aliphatic carbocycles. The lowest BCUT2D eigenvalue weighted by molar-refractivity contribution is -0.121. The van der Waals surface area contributed by atoms with Crippen molar-refractivity contribution in [2.75, 3.05) is 18.6 Å². The monoisotopic (exact) mass is 240 g/mol. The van der Waals surface area contributed by atoms with E-state index in [1.54, 1.807) is 0 Å². The summed E-state index contributed by atoms with van der Waals surface area (Å²) in [5.74, 6) is -0.841. The Morgan fingerprint density at radius 1 is 1.56 bits per heavy atom. The first-order valence-corrected chi connectivity index (χ1v) is 5.35. The van der Waals surface area contributed by atoms with E-state index in [1.807, 2.05) is 0 Å². The van der Waals surface area contributed by atoms with Gasteiger partial charge in [-0.25, -0.2) is 9.78 Å². The van der Waals surface area contributed by atoms with Crippen LogP contribution in [-0.4, -0.2) is 36.3 Å². The lowest BCUT2D eigenvalue weighted by Gasteiger charge is -2.12. The number of ketones is 1. The fourth-order valence-corrected chi connectivity index (χ4v) is 2.15. The van der Waals surface area contributed by atoms with E-state index in [1.165, 1.54) is 17.5 Å². The van der Waals surface area contributed by atoms with Gasteiger partial charge in [-0.1, -0.05) is 0 Å². The fourth-order valence-electron chi connectivity index (χ4n) is 1.44. The quantitative estimate of drug-likeness (QED) is 0.546. The number of thiazole rings is 1. The average Bonchev–Trinajstić information content (AvgIpc) is 2.83. The molecule has 0 bridgehead atoms. The third-order valence-corrected chi connectivity index (χ3v) is 2.95. The molecule has 1 aliphatic heterocycles. The van der Waals surface area contributed by atoms with E-state index in [-0.39, 0.29) is 35.4 Å². The summed E-state index contributed by atoms with van der Waals surface area (Å²) in [4.78, 5) is 39.3. The number of nitrogens with zero attached hydrogens (tertiary/aromatic N) is 2. The Morgan fingerprint density at radius 2 is 2.31 bits per heavy atom. The van der Waals surface area contributed by atoms with Crippen LogP contribution in [-0.2, 0) is 14.3 Å². The number of ether oxygens (including phenoxy) is 1. The predicted octanol–water partition coefficient (Wildman–Crippen LogP) is 0.236. The van der Waals surface area contributed by atoms with Gasteiger partial charge in [-0.05, 0) is 0 Å². The van der Waals surface area contributed by atoms with Crippen molar-refractivity contribution in [3.05, 3.63) is 10.4 Å². The number of methoxy groups -OCH3 is 1. The van der Waals surface area contributed by atoms with E-state index in [4.69, 9.17) is 0 Å². The maximum atomic E-state index is 11.5. The van der Waals surface area contributed by atoms with Gasteiger partial charge in [0.15, 0.2) is 16.5 Å². The average molecular weight is 240 g/mol. The van der Waals surface area contributed by atoms with Crippen molar-refractivity contribution in [3.63, 3.8) is 0 Å². The van der Waals surface area contributed by atoms with Crippen LogP contribution in [0, 0.1) is 0 Å². The number of rotatable bonds is 2. The summed E-state index contributed by atoms with van der Waals surface area (Å²) < 4.78 is 4.57. The zero-order valence-electron chi connectivity index (χ0n) is 8.43. The Hall–Kier alpha value is -1.76. The third-order valence-electron chi connectivity index (χ3n) is 2.16. The molecule has 1 amide bonds. The molecule has 1 fully saturated rings. The molecule has 0 unspecified atom stereocenters. The number of hydrogen-bond donors (Lipinski definition) is 0. The minimum absolute atomic E-state index is 0.0213. The smallest absolute Gasteiger partial charge is 0.351 e. The van der Waals surface area contributed by atoms with Crippen LogP contribution in [0.2, 0.25) is 0 Å². The molecule has 1 aromatic heterocycles. The first-order valence-electron chi connectivity index (χ1n) is 4.47. The van der Waals surface area contributed by atoms with Crippen LogP contribution in [0.1, 0.15) is 16.1 Å². The van der Waals surface area contributed by atoms with Crippen molar-refractivity contribution in [1.29, 1.82) is 0 Å². The van der Waals surface area contributed by atoms with E-state index in [9.17, 15) is 14.4 Å². The summed E-state index contributed by atoms with van der Waals surface area (Å²) in [7, 11) is 1.25. The van der Waals surface area contributed by atoms with Gasteiger partial charge in [-0.3, -0.25) is 14.5 Å². The molecule has 7 heteroatoms. The van der Waals surface area contributed by atoms with Crippen LogP contribution >= 0.6 is 11.3 Å². The van der Waals surface area contributed by atoms with Crippen molar-refractivity contribution in [2.45, 2.75) is 6.42 Å². The van der Waals surface area contributed by atoms with E-state index in [2.05, 4.69) is 9.72 Å². The molecular weight excluding hydrogens is 232 g/mol. The maximum Gasteiger partial charge on any atom is 0.351 e. The van der Waals surface area contributed by atoms with Gasteiger partial charge in [0, 0.05) is 0 Å². The molecule has 1 aliphatic rings. The highest BCUT2D eigenvalue weighted by atomic mass is 32.1. The molecule has 0 radical (unpaired) electrons. The van der Waals surface area contributed by atoms with E-state index < -0.39 is 5.97 Å². The molecule has 0 saturated carbocycles. The van der Waals surface area contributed by atoms with Crippen LogP contribution in [0.25, 0.3) is 0 Å². The van der Waals surface area contributed by atoms with Crippen molar-refractivity contribution >= 4 is 34.8 Å². The molecule has 6 nitrogen and oxygen atoms in total. The number of aromatic nitrogens is 1. The molecule has 2 heterocycles. The third kappa shape index (κ3) is 1.69. The highest BCUT2D eigenvalue weighted by Gasteiger charge is 2.33. The minimum atomic E-state index is -0.551. The highest BCUT2D eigenvalue weighted by molar-refractivity contribution is 7.12. The first kappa shape index (κ1) is 10.7. The summed E-state index contributed by atoms with van der Waals surface area (Å²) >= 11 is 1.08. The standard InChI is InChI=1S/C9H8N2O4S/c1-15-9(14)7-8(10-4-16-7)11-3-5(12)2-6(11)13/h4H,2-3H2,1H3. The van der Waals surface area contributed by atoms with Crippen molar-refractivity contribution < 1.29 is 19.1 Å². The first-order chi connectivity index (χ1) is 7.63. The number of hydrogen-bond acceptors (Lipinski definition) is 6. The van der Waals surface area contributed by atoms with Gasteiger partial charge in [0.2, 0.25) is 5.91 Å². The zero-order chi connectivity index (χ0) is 11.7. The summed E-state index contributed by atoms with van der Waals surface area (Å²) in [5.41, 5.74) is 1.44. The normalized spacial score (nSPS) is 15.7. The molecule has 0 spiro atoms. The summed E-state index contributed by atoms with van der Waals surface area (Å²) in [6.07, 6.45) is -0.127. The summed E-state index contributed by atoms with van der Waals surface area (Å²) in [6, 6.07) is 0. The lowest BCUT2D eigenvalue weighted by atomic mass is 10.3. The second kappa shape index (κ2) is 4.01. The minimum Gasteiger partial charge on any atom is -0.465 e. The van der Waals surface area contributed by atoms with Gasteiger partial charge in [-0.15, -0.1) is 11.3 Å². The highest BCUT2D eigenvalue weighted by Crippen LogP contribution is 2.26. The fraction of sp³-hybridized carbons (Fsp3) is 0.333. The van der Waals surface area contributed by atoms with Gasteiger partial charge in [-0.2, -0.15) is 0 Å². The predicted molar refractivity (Wildman–Crippen MR) is 55.4 cm³/mol. The molecule has 1 saturated heterocycles. The molecule has 84 valence electrons. The molecular formula is C9H8N2O4S. The number of esters is 1. The van der Waals surface area contributed by atoms with Gasteiger partial charge in [0.25, 0.3) is 0 Å². The molecule has 0 aromatic carbocycles. The van der Waals surface area contributed by atoms with E-state index in [0.717, 1.165) is 11.3 Å². The van der Waals surface area contributed by atoms with E-state index >= 15 is 0 Å². The Bertz CT molecular complexity index is 468. The van der Waals surface area contributed by atoms with Crippen LogP contribution in [0.15, 0.2) is 5.51 Å². The van der Waals surface area contributed by atoms with Crippen LogP contribution in [0.4, 0.5) is 5.82 Å². The topological polar surface area (TPSA) is 76.6 Å². The van der Waals surface area contributed by atoms with Crippen LogP contribution in [0.3, 0.4) is 0 Å². The Kier molecular flexibility index (Phi) is 2.69. The van der Waals surface area contributed by atoms with Crippen LogP contribution in [0.5, 0.6) is 0 Å². The number of amides is 1. The SMILES string of the molecule is COC(=O)c1scnc1N1CC(=O)CC1=O. The second-order valence-corrected chi connectivity index (χ2v) is 4.05. The molecule has 0 N–H and O–H groups in total. The van der Waals surface area contributed by atoms with Crippen molar-refractivity contribution in [1.82, 2.24) is 4.98 Å². The van der Waals surface area contributed by atoms with Crippen molar-refractivity contribution in [3.8, 4) is 0 Å². The largest absolute Gasteiger partial charge is 0.465 e. The Labute approximate surface area is 94.8 Å². The van der Waals surface area contributed by atoms with Gasteiger partial charge >= 0.3 is 5.97 Å². The zero-order valence-corrected chi connectivity index (χ0v) is 9.24. The molecule has 0 atom stereocenters. The summed E-state index contributed by atoms with van der Waals surface area (Å²) in [5, 5.41) is 0. The number of carbonyl (C=O) groups excluding carboxylic acids is 3. The molecule has 1 aromatic rings. The Balaban J connectivity index is 2.34. The maximum absolute atomic E-state index is 11.5. The van der Waals surface area contributed by atoms with E-state index in [0.29, 0.717) is 0 Å². The molecule has 2 rings (SSSR count). The van der Waals surface area contributed by atoms with Gasteiger partial charge in [0.05, 0.1) is 25.6 Å². The molecule has 16 heavy (non-hydrogen) atoms. The van der Waals surface area contributed by atoms with Crippen molar-refractivity contribution in [2.24, 2.45) is 0 Å². The summed E-state index contributed by atoms with van der Waals surface area (Å²) in [6.45, 7) is -0.0213. The number of anilines is 1. The number of carbonyl (C=O) groups is 3. The van der Waals surface area contributed by atoms with Crippen LogP contribution < -0.4 is 4.90 Å². The second-order valence-electron chi connectivity index (χ2n) is 3.19. The number of Topliss-reactive ketones (excluding diaryl/α,β-unsaturated/α-hetero) is 1. The lowest BCUT2D eigenvalue weighted by Crippen LogP contribution is -2.26. The van der Waals surface area contributed by atoms with Gasteiger partial charge in [0.1, 0.15) is 0 Å². The van der Waals surface area contributed by atoms with Gasteiger partial charge < -0.3 is 4.74 Å². The Morgan fingerprint density at radius 3 is 2.88 bits per heavy atom.